The van der Waals surface area contributed by atoms with E-state index in [0.29, 0.717) is 29.2 Å². The highest BCUT2D eigenvalue weighted by Crippen LogP contribution is 2.40. The number of carbonyl (C=O) groups excluding carboxylic acids is 1. The molecule has 0 bridgehead atoms. The first kappa shape index (κ1) is 20.7. The zero-order valence-corrected chi connectivity index (χ0v) is 17.6. The molecule has 0 saturated carbocycles. The Bertz CT molecular complexity index is 1150. The molecule has 1 amide bonds. The number of halogens is 3. The zero-order valence-electron chi connectivity index (χ0n) is 16.8. The monoisotopic (exact) mass is 457 g/mol. The molecule has 6 nitrogen and oxygen atoms in total. The van der Waals surface area contributed by atoms with Gasteiger partial charge in [-0.25, -0.2) is 4.98 Å². The van der Waals surface area contributed by atoms with Crippen LogP contribution in [-0.4, -0.2) is 45.1 Å². The normalized spacial score (nSPS) is 18.4. The van der Waals surface area contributed by atoms with Gasteiger partial charge in [0.2, 0.25) is 0 Å². The van der Waals surface area contributed by atoms with Gasteiger partial charge in [0.1, 0.15) is 5.69 Å². The first-order chi connectivity index (χ1) is 15.4. The lowest BCUT2D eigenvalue weighted by Crippen LogP contribution is -2.49. The maximum atomic E-state index is 12.9. The minimum atomic E-state index is -4.53. The van der Waals surface area contributed by atoms with Crippen molar-refractivity contribution in [3.05, 3.63) is 60.2 Å². The molecule has 1 N–H and O–H groups in total. The highest BCUT2D eigenvalue weighted by atomic mass is 32.2. The van der Waals surface area contributed by atoms with Gasteiger partial charge >= 0.3 is 6.18 Å². The SMILES string of the molecule is O=C1NCN(C2CCSC2)c2c1cc(-c1ccc(C(F)(F)F)nc1)nc2-c1cccnc1. The Kier molecular flexibility index (Phi) is 5.24. The highest BCUT2D eigenvalue weighted by Gasteiger charge is 2.34. The van der Waals surface area contributed by atoms with Crippen molar-refractivity contribution in [3.8, 4) is 22.5 Å². The van der Waals surface area contributed by atoms with Gasteiger partial charge < -0.3 is 10.2 Å². The molecule has 1 saturated heterocycles. The fraction of sp³-hybridized carbons (Fsp3) is 0.273. The third-order valence-corrected chi connectivity index (χ3v) is 6.71. The molecule has 0 aromatic carbocycles. The van der Waals surface area contributed by atoms with E-state index in [1.54, 1.807) is 24.5 Å². The Hall–Kier alpha value is -3.14. The largest absolute Gasteiger partial charge is 0.433 e. The maximum absolute atomic E-state index is 12.9. The number of hydrogen-bond acceptors (Lipinski definition) is 6. The van der Waals surface area contributed by atoms with E-state index in [1.165, 1.54) is 6.07 Å². The second-order valence-corrected chi connectivity index (χ2v) is 8.72. The van der Waals surface area contributed by atoms with Gasteiger partial charge in [-0.05, 0) is 42.5 Å². The summed E-state index contributed by atoms with van der Waals surface area (Å²) < 4.78 is 38.8. The summed E-state index contributed by atoms with van der Waals surface area (Å²) in [4.78, 5) is 27.5. The fourth-order valence-corrected chi connectivity index (χ4v) is 5.20. The second-order valence-electron chi connectivity index (χ2n) is 7.58. The molecular formula is C22H18F3N5OS. The number of pyridine rings is 3. The summed E-state index contributed by atoms with van der Waals surface area (Å²) in [6.07, 6.45) is 0.930. The molecule has 5 heterocycles. The van der Waals surface area contributed by atoms with Crippen molar-refractivity contribution in [2.75, 3.05) is 23.1 Å². The van der Waals surface area contributed by atoms with E-state index in [0.717, 1.165) is 41.4 Å². The number of amides is 1. The molecule has 5 rings (SSSR count). The number of fused-ring (bicyclic) bond motifs is 1. The summed E-state index contributed by atoms with van der Waals surface area (Å²) in [6, 6.07) is 7.78. The average molecular weight is 457 g/mol. The molecule has 2 aliphatic heterocycles. The third-order valence-electron chi connectivity index (χ3n) is 5.57. The van der Waals surface area contributed by atoms with Gasteiger partial charge in [0.05, 0.1) is 29.3 Å². The number of anilines is 1. The van der Waals surface area contributed by atoms with E-state index in [1.807, 2.05) is 17.8 Å². The predicted octanol–water partition coefficient (Wildman–Crippen LogP) is 4.24. The molecule has 164 valence electrons. The lowest BCUT2D eigenvalue weighted by Gasteiger charge is -2.37. The van der Waals surface area contributed by atoms with Crippen molar-refractivity contribution in [2.24, 2.45) is 0 Å². The van der Waals surface area contributed by atoms with E-state index < -0.39 is 11.9 Å². The molecule has 1 fully saturated rings. The number of aromatic nitrogens is 3. The number of nitrogens with zero attached hydrogens (tertiary/aromatic N) is 4. The number of carbonyl (C=O) groups is 1. The molecule has 0 aliphatic carbocycles. The van der Waals surface area contributed by atoms with Crippen molar-refractivity contribution in [1.29, 1.82) is 0 Å². The molecule has 3 aromatic rings. The first-order valence-electron chi connectivity index (χ1n) is 10.0. The first-order valence-corrected chi connectivity index (χ1v) is 11.2. The van der Waals surface area contributed by atoms with E-state index in [2.05, 4.69) is 20.2 Å². The Labute approximate surface area is 186 Å². The van der Waals surface area contributed by atoms with Crippen LogP contribution < -0.4 is 10.2 Å². The standard InChI is InChI=1S/C22H18F3N5OS/c23-22(24,25)18-4-3-13(10-27-18)17-8-16-20(19(29-17)14-2-1-6-26-9-14)30(12-28-21(16)31)15-5-7-32-11-15/h1-4,6,8-10,15H,5,7,11-12H2,(H,28,31). The topological polar surface area (TPSA) is 71.0 Å². The van der Waals surface area contributed by atoms with Crippen molar-refractivity contribution in [1.82, 2.24) is 20.3 Å². The second kappa shape index (κ2) is 8.09. The summed E-state index contributed by atoms with van der Waals surface area (Å²) in [6.45, 7) is 0.382. The van der Waals surface area contributed by atoms with Gasteiger partial charge in [0, 0.05) is 41.5 Å². The van der Waals surface area contributed by atoms with Gasteiger partial charge in [-0.1, -0.05) is 0 Å². The molecule has 10 heteroatoms. The molecule has 0 radical (unpaired) electrons. The number of nitrogens with one attached hydrogen (secondary N) is 1. The van der Waals surface area contributed by atoms with Crippen LogP contribution in [0.1, 0.15) is 22.5 Å². The lowest BCUT2D eigenvalue weighted by atomic mass is 9.99. The van der Waals surface area contributed by atoms with Gasteiger partial charge in [-0.2, -0.15) is 24.9 Å². The molecule has 1 atom stereocenters. The molecule has 0 spiro atoms. The summed E-state index contributed by atoms with van der Waals surface area (Å²) >= 11 is 1.87. The van der Waals surface area contributed by atoms with Crippen molar-refractivity contribution in [3.63, 3.8) is 0 Å². The van der Waals surface area contributed by atoms with Crippen LogP contribution >= 0.6 is 11.8 Å². The Morgan fingerprint density at radius 3 is 2.69 bits per heavy atom. The number of thioether (sulfide) groups is 1. The van der Waals surface area contributed by atoms with Crippen LogP contribution in [-0.2, 0) is 6.18 Å². The average Bonchev–Trinajstić information content (AvgIpc) is 3.34. The third kappa shape index (κ3) is 3.79. The van der Waals surface area contributed by atoms with Gasteiger partial charge in [-0.15, -0.1) is 0 Å². The number of alkyl halides is 3. The molecular weight excluding hydrogens is 439 g/mol. The van der Waals surface area contributed by atoms with Crippen LogP contribution in [0.4, 0.5) is 18.9 Å². The van der Waals surface area contributed by atoms with Gasteiger partial charge in [0.25, 0.3) is 5.91 Å². The number of hydrogen-bond donors (Lipinski definition) is 1. The van der Waals surface area contributed by atoms with Crippen LogP contribution in [0.3, 0.4) is 0 Å². The Morgan fingerprint density at radius 1 is 1.16 bits per heavy atom. The van der Waals surface area contributed by atoms with Crippen molar-refractivity contribution in [2.45, 2.75) is 18.6 Å². The molecule has 1 unspecified atom stereocenters. The Morgan fingerprint density at radius 2 is 2.03 bits per heavy atom. The van der Waals surface area contributed by atoms with Crippen LogP contribution in [0.5, 0.6) is 0 Å². The Balaban J connectivity index is 1.68. The molecule has 2 aliphatic rings. The van der Waals surface area contributed by atoms with E-state index in [-0.39, 0.29) is 11.9 Å². The van der Waals surface area contributed by atoms with Crippen LogP contribution in [0.15, 0.2) is 48.9 Å². The van der Waals surface area contributed by atoms with Crippen LogP contribution in [0.2, 0.25) is 0 Å². The minimum Gasteiger partial charge on any atom is -0.348 e. The molecule has 3 aromatic heterocycles. The van der Waals surface area contributed by atoms with Crippen molar-refractivity contribution >= 4 is 23.4 Å². The summed E-state index contributed by atoms with van der Waals surface area (Å²) in [7, 11) is 0. The zero-order chi connectivity index (χ0) is 22.3. The summed E-state index contributed by atoms with van der Waals surface area (Å²) in [5, 5.41) is 2.92. The van der Waals surface area contributed by atoms with Gasteiger partial charge in [-0.3, -0.25) is 14.8 Å². The van der Waals surface area contributed by atoms with Crippen LogP contribution in [0, 0.1) is 0 Å². The maximum Gasteiger partial charge on any atom is 0.433 e. The summed E-state index contributed by atoms with van der Waals surface area (Å²) in [5.41, 5.74) is 2.28. The van der Waals surface area contributed by atoms with Crippen molar-refractivity contribution < 1.29 is 18.0 Å². The predicted molar refractivity (Wildman–Crippen MR) is 116 cm³/mol. The molecule has 32 heavy (non-hydrogen) atoms. The number of rotatable bonds is 3. The minimum absolute atomic E-state index is 0.240. The smallest absolute Gasteiger partial charge is 0.348 e. The van der Waals surface area contributed by atoms with E-state index >= 15 is 0 Å². The highest BCUT2D eigenvalue weighted by molar-refractivity contribution is 7.99. The lowest BCUT2D eigenvalue weighted by molar-refractivity contribution is -0.141. The van der Waals surface area contributed by atoms with E-state index in [9.17, 15) is 18.0 Å². The quantitative estimate of drug-likeness (QED) is 0.635. The van der Waals surface area contributed by atoms with E-state index in [4.69, 9.17) is 4.98 Å². The fourth-order valence-electron chi connectivity index (χ4n) is 3.98. The summed E-state index contributed by atoms with van der Waals surface area (Å²) in [5.74, 6) is 1.76. The van der Waals surface area contributed by atoms with Gasteiger partial charge in [0.15, 0.2) is 0 Å². The van der Waals surface area contributed by atoms with Crippen LogP contribution in [0.25, 0.3) is 22.5 Å².